The van der Waals surface area contributed by atoms with Crippen LogP contribution in [0.3, 0.4) is 0 Å². The Morgan fingerprint density at radius 2 is 1.85 bits per heavy atom. The van der Waals surface area contributed by atoms with Crippen molar-refractivity contribution in [3.8, 4) is 0 Å². The van der Waals surface area contributed by atoms with Gasteiger partial charge in [-0.05, 0) is 32.8 Å². The number of anilines is 1. The highest BCUT2D eigenvalue weighted by Crippen LogP contribution is 2.30. The summed E-state index contributed by atoms with van der Waals surface area (Å²) in [6, 6.07) is 12.1. The van der Waals surface area contributed by atoms with Crippen molar-refractivity contribution in [3.05, 3.63) is 40.9 Å². The van der Waals surface area contributed by atoms with Crippen LogP contribution in [-0.2, 0) is 0 Å². The predicted molar refractivity (Wildman–Crippen MR) is 59.5 cm³/mol. The molecule has 0 aromatic heterocycles. The SMILES string of the molecule is NNc1ccc2ccccc2c1Br. The van der Waals surface area contributed by atoms with Gasteiger partial charge in [-0.15, -0.1) is 0 Å². The molecule has 0 aliphatic heterocycles. The molecule has 66 valence electrons. The highest BCUT2D eigenvalue weighted by Gasteiger charge is 2.01. The van der Waals surface area contributed by atoms with E-state index < -0.39 is 0 Å². The third kappa shape index (κ3) is 1.41. The molecule has 0 spiro atoms. The zero-order valence-electron chi connectivity index (χ0n) is 6.92. The van der Waals surface area contributed by atoms with Crippen LogP contribution in [0.2, 0.25) is 0 Å². The average Bonchev–Trinajstić information content (AvgIpc) is 2.19. The normalized spacial score (nSPS) is 10.3. The highest BCUT2D eigenvalue weighted by atomic mass is 79.9. The summed E-state index contributed by atoms with van der Waals surface area (Å²) >= 11 is 3.50. The highest BCUT2D eigenvalue weighted by molar-refractivity contribution is 9.10. The second-order valence-corrected chi connectivity index (χ2v) is 3.59. The molecule has 0 radical (unpaired) electrons. The molecule has 13 heavy (non-hydrogen) atoms. The van der Waals surface area contributed by atoms with E-state index in [2.05, 4.69) is 33.5 Å². The Balaban J connectivity index is 2.79. The molecule has 2 nitrogen and oxygen atoms in total. The van der Waals surface area contributed by atoms with Gasteiger partial charge >= 0.3 is 0 Å². The fraction of sp³-hybridized carbons (Fsp3) is 0. The fourth-order valence-electron chi connectivity index (χ4n) is 1.35. The van der Waals surface area contributed by atoms with Gasteiger partial charge in [-0.2, -0.15) is 0 Å². The summed E-state index contributed by atoms with van der Waals surface area (Å²) in [4.78, 5) is 0. The van der Waals surface area contributed by atoms with Gasteiger partial charge in [0.25, 0.3) is 0 Å². The van der Waals surface area contributed by atoms with Gasteiger partial charge in [0.05, 0.1) is 5.69 Å². The minimum atomic E-state index is 0.902. The van der Waals surface area contributed by atoms with Crippen molar-refractivity contribution in [3.63, 3.8) is 0 Å². The van der Waals surface area contributed by atoms with Crippen LogP contribution in [0.5, 0.6) is 0 Å². The minimum Gasteiger partial charge on any atom is -0.323 e. The minimum absolute atomic E-state index is 0.902. The molecule has 0 saturated heterocycles. The summed E-state index contributed by atoms with van der Waals surface area (Å²) in [6.07, 6.45) is 0. The standard InChI is InChI=1S/C10H9BrN2/c11-10-8-4-2-1-3-7(8)5-6-9(10)13-12/h1-6,13H,12H2. The lowest BCUT2D eigenvalue weighted by Gasteiger charge is -2.06. The lowest BCUT2D eigenvalue weighted by Crippen LogP contribution is -2.07. The van der Waals surface area contributed by atoms with Crippen LogP contribution < -0.4 is 11.3 Å². The van der Waals surface area contributed by atoms with Gasteiger partial charge in [-0.1, -0.05) is 30.3 Å². The molecule has 0 aliphatic carbocycles. The van der Waals surface area contributed by atoms with Crippen LogP contribution in [0.15, 0.2) is 40.9 Å². The number of hydrogen-bond donors (Lipinski definition) is 2. The quantitative estimate of drug-likeness (QED) is 0.591. The smallest absolute Gasteiger partial charge is 0.0633 e. The summed E-state index contributed by atoms with van der Waals surface area (Å²) in [6.45, 7) is 0. The maximum absolute atomic E-state index is 5.36. The van der Waals surface area contributed by atoms with E-state index in [4.69, 9.17) is 5.84 Å². The van der Waals surface area contributed by atoms with Crippen molar-refractivity contribution in [1.29, 1.82) is 0 Å². The van der Waals surface area contributed by atoms with Crippen molar-refractivity contribution in [2.75, 3.05) is 5.43 Å². The van der Waals surface area contributed by atoms with Gasteiger partial charge < -0.3 is 5.43 Å². The van der Waals surface area contributed by atoms with Gasteiger partial charge in [0.15, 0.2) is 0 Å². The van der Waals surface area contributed by atoms with E-state index in [0.717, 1.165) is 15.5 Å². The van der Waals surface area contributed by atoms with Gasteiger partial charge in [0, 0.05) is 4.47 Å². The molecule has 0 heterocycles. The van der Waals surface area contributed by atoms with Gasteiger partial charge in [0.2, 0.25) is 0 Å². The monoisotopic (exact) mass is 236 g/mol. The average molecular weight is 237 g/mol. The maximum Gasteiger partial charge on any atom is 0.0633 e. The molecule has 0 atom stereocenters. The van der Waals surface area contributed by atoms with Crippen LogP contribution in [0, 0.1) is 0 Å². The maximum atomic E-state index is 5.36. The van der Waals surface area contributed by atoms with Gasteiger partial charge in [0.1, 0.15) is 0 Å². The summed E-state index contributed by atoms with van der Waals surface area (Å²) in [7, 11) is 0. The molecule has 2 aromatic rings. The molecule has 0 saturated carbocycles. The van der Waals surface area contributed by atoms with Crippen molar-refractivity contribution in [2.24, 2.45) is 5.84 Å². The van der Waals surface area contributed by atoms with Crippen LogP contribution in [0.1, 0.15) is 0 Å². The van der Waals surface area contributed by atoms with Crippen molar-refractivity contribution in [1.82, 2.24) is 0 Å². The zero-order chi connectivity index (χ0) is 9.26. The second-order valence-electron chi connectivity index (χ2n) is 2.79. The molecule has 0 aliphatic rings. The first-order chi connectivity index (χ1) is 6.33. The van der Waals surface area contributed by atoms with Crippen LogP contribution in [-0.4, -0.2) is 0 Å². The Bertz CT molecular complexity index is 440. The van der Waals surface area contributed by atoms with Crippen LogP contribution in [0.25, 0.3) is 10.8 Å². The Kier molecular flexibility index (Phi) is 2.20. The van der Waals surface area contributed by atoms with Crippen LogP contribution in [0.4, 0.5) is 5.69 Å². The first-order valence-corrected chi connectivity index (χ1v) is 4.76. The van der Waals surface area contributed by atoms with E-state index in [1.54, 1.807) is 0 Å². The van der Waals surface area contributed by atoms with E-state index in [9.17, 15) is 0 Å². The molecule has 3 heteroatoms. The molecule has 2 aromatic carbocycles. The predicted octanol–water partition coefficient (Wildman–Crippen LogP) is 2.89. The Labute approximate surface area is 84.8 Å². The summed E-state index contributed by atoms with van der Waals surface area (Å²) < 4.78 is 1.01. The molecule has 0 fully saturated rings. The summed E-state index contributed by atoms with van der Waals surface area (Å²) in [5.41, 5.74) is 3.54. The first kappa shape index (κ1) is 8.53. The Hall–Kier alpha value is -1.06. The van der Waals surface area contributed by atoms with E-state index in [1.807, 2.05) is 24.3 Å². The van der Waals surface area contributed by atoms with Crippen LogP contribution >= 0.6 is 15.9 Å². The zero-order valence-corrected chi connectivity index (χ0v) is 8.51. The molecular weight excluding hydrogens is 228 g/mol. The summed E-state index contributed by atoms with van der Waals surface area (Å²) in [5.74, 6) is 5.36. The number of benzene rings is 2. The third-order valence-electron chi connectivity index (χ3n) is 2.02. The molecule has 3 N–H and O–H groups in total. The number of rotatable bonds is 1. The largest absolute Gasteiger partial charge is 0.323 e. The number of halogens is 1. The molecule has 0 bridgehead atoms. The second kappa shape index (κ2) is 3.36. The topological polar surface area (TPSA) is 38.0 Å². The lowest BCUT2D eigenvalue weighted by atomic mass is 10.1. The number of hydrazine groups is 1. The Morgan fingerprint density at radius 3 is 2.62 bits per heavy atom. The van der Waals surface area contributed by atoms with E-state index >= 15 is 0 Å². The molecular formula is C10H9BrN2. The van der Waals surface area contributed by atoms with E-state index in [1.165, 1.54) is 5.39 Å². The number of nitrogens with two attached hydrogens (primary N) is 1. The number of nitrogen functional groups attached to an aromatic ring is 1. The van der Waals surface area contributed by atoms with E-state index in [0.29, 0.717) is 0 Å². The molecule has 0 amide bonds. The fourth-order valence-corrected chi connectivity index (χ4v) is 1.95. The number of fused-ring (bicyclic) bond motifs is 1. The lowest BCUT2D eigenvalue weighted by molar-refractivity contribution is 1.35. The van der Waals surface area contributed by atoms with E-state index in [-0.39, 0.29) is 0 Å². The van der Waals surface area contributed by atoms with Crippen molar-refractivity contribution < 1.29 is 0 Å². The van der Waals surface area contributed by atoms with Gasteiger partial charge in [-0.3, -0.25) is 5.84 Å². The first-order valence-electron chi connectivity index (χ1n) is 3.97. The van der Waals surface area contributed by atoms with Gasteiger partial charge in [-0.25, -0.2) is 0 Å². The number of hydrogen-bond acceptors (Lipinski definition) is 2. The summed E-state index contributed by atoms with van der Waals surface area (Å²) in [5, 5.41) is 2.37. The van der Waals surface area contributed by atoms with Crippen molar-refractivity contribution >= 4 is 32.4 Å². The third-order valence-corrected chi connectivity index (χ3v) is 2.87. The van der Waals surface area contributed by atoms with Crippen molar-refractivity contribution in [2.45, 2.75) is 0 Å². The Morgan fingerprint density at radius 1 is 1.08 bits per heavy atom. The molecule has 2 rings (SSSR count). The number of nitrogens with one attached hydrogen (secondary N) is 1. The molecule has 0 unspecified atom stereocenters.